The normalized spacial score (nSPS) is 10.1. The lowest BCUT2D eigenvalue weighted by Gasteiger charge is -2.16. The zero-order valence-corrected chi connectivity index (χ0v) is 9.94. The van der Waals surface area contributed by atoms with Crippen LogP contribution >= 0.6 is 0 Å². The van der Waals surface area contributed by atoms with E-state index in [0.29, 0.717) is 17.9 Å². The molecule has 1 heterocycles. The van der Waals surface area contributed by atoms with Crippen LogP contribution in [0.4, 0.5) is 11.5 Å². The third kappa shape index (κ3) is 3.53. The molecule has 0 atom stereocenters. The molecule has 0 radical (unpaired) electrons. The van der Waals surface area contributed by atoms with Crippen LogP contribution in [-0.2, 0) is 4.79 Å². The number of pyridine rings is 1. The summed E-state index contributed by atoms with van der Waals surface area (Å²) >= 11 is 0. The predicted octanol–water partition coefficient (Wildman–Crippen LogP) is 2.21. The van der Waals surface area contributed by atoms with E-state index < -0.39 is 0 Å². The van der Waals surface area contributed by atoms with Crippen LogP contribution in [0.2, 0.25) is 0 Å². The molecule has 1 amide bonds. The Labute approximate surface area is 96.5 Å². The van der Waals surface area contributed by atoms with Crippen molar-refractivity contribution in [1.82, 2.24) is 4.98 Å². The van der Waals surface area contributed by atoms with Crippen LogP contribution in [0, 0.1) is 0 Å². The summed E-state index contributed by atoms with van der Waals surface area (Å²) in [5.41, 5.74) is 6.14. The number of rotatable bonds is 5. The van der Waals surface area contributed by atoms with Gasteiger partial charge in [0.1, 0.15) is 5.82 Å². The number of carbonyl (C=O) groups is 1. The van der Waals surface area contributed by atoms with Gasteiger partial charge in [0, 0.05) is 13.5 Å². The van der Waals surface area contributed by atoms with Crippen LogP contribution in [0.3, 0.4) is 0 Å². The van der Waals surface area contributed by atoms with Crippen molar-refractivity contribution in [3.8, 4) is 0 Å². The van der Waals surface area contributed by atoms with Gasteiger partial charge in [-0.25, -0.2) is 4.98 Å². The fraction of sp³-hybridized carbons (Fsp3) is 0.500. The highest BCUT2D eigenvalue weighted by molar-refractivity contribution is 5.91. The number of aromatic nitrogens is 1. The van der Waals surface area contributed by atoms with Crippen LogP contribution in [0.1, 0.15) is 32.6 Å². The number of nitrogens with zero attached hydrogens (tertiary/aromatic N) is 2. The van der Waals surface area contributed by atoms with E-state index in [1.165, 1.54) is 0 Å². The maximum atomic E-state index is 11.8. The monoisotopic (exact) mass is 221 g/mol. The standard InChI is InChI=1S/C12H19N3O/c1-3-4-5-6-12(16)15(2)11-8-7-10(13)9-14-11/h7-9H,3-6,13H2,1-2H3. The molecule has 1 rings (SSSR count). The van der Waals surface area contributed by atoms with Gasteiger partial charge >= 0.3 is 0 Å². The van der Waals surface area contributed by atoms with Gasteiger partial charge in [-0.1, -0.05) is 19.8 Å². The zero-order valence-electron chi connectivity index (χ0n) is 9.94. The molecular weight excluding hydrogens is 202 g/mol. The summed E-state index contributed by atoms with van der Waals surface area (Å²) in [5, 5.41) is 0. The van der Waals surface area contributed by atoms with Crippen LogP contribution in [0.5, 0.6) is 0 Å². The van der Waals surface area contributed by atoms with Crippen LogP contribution in [-0.4, -0.2) is 17.9 Å². The van der Waals surface area contributed by atoms with Gasteiger partial charge in [-0.2, -0.15) is 0 Å². The number of nitrogens with two attached hydrogens (primary N) is 1. The number of anilines is 2. The highest BCUT2D eigenvalue weighted by Crippen LogP contribution is 2.12. The zero-order chi connectivity index (χ0) is 12.0. The van der Waals surface area contributed by atoms with E-state index in [2.05, 4.69) is 11.9 Å². The molecule has 0 aromatic carbocycles. The van der Waals surface area contributed by atoms with Gasteiger partial charge < -0.3 is 5.73 Å². The molecule has 0 aliphatic heterocycles. The molecule has 0 saturated heterocycles. The van der Waals surface area contributed by atoms with Gasteiger partial charge in [0.2, 0.25) is 5.91 Å². The summed E-state index contributed by atoms with van der Waals surface area (Å²) in [6.45, 7) is 2.12. The van der Waals surface area contributed by atoms with Crippen molar-refractivity contribution in [3.63, 3.8) is 0 Å². The van der Waals surface area contributed by atoms with E-state index >= 15 is 0 Å². The Morgan fingerprint density at radius 1 is 1.44 bits per heavy atom. The molecule has 0 aliphatic rings. The molecule has 0 aliphatic carbocycles. The Hall–Kier alpha value is -1.58. The Morgan fingerprint density at radius 3 is 2.75 bits per heavy atom. The maximum absolute atomic E-state index is 11.8. The van der Waals surface area contributed by atoms with Gasteiger partial charge in [0.05, 0.1) is 11.9 Å². The molecule has 2 N–H and O–H groups in total. The molecule has 0 fully saturated rings. The molecule has 0 unspecified atom stereocenters. The minimum absolute atomic E-state index is 0.103. The summed E-state index contributed by atoms with van der Waals surface area (Å²) in [4.78, 5) is 17.4. The molecule has 0 bridgehead atoms. The first kappa shape index (κ1) is 12.5. The van der Waals surface area contributed by atoms with E-state index in [1.54, 1.807) is 30.3 Å². The molecular formula is C12H19N3O. The average Bonchev–Trinajstić information content (AvgIpc) is 2.29. The van der Waals surface area contributed by atoms with E-state index in [1.807, 2.05) is 0 Å². The smallest absolute Gasteiger partial charge is 0.227 e. The van der Waals surface area contributed by atoms with Crippen molar-refractivity contribution in [2.45, 2.75) is 32.6 Å². The number of carbonyl (C=O) groups excluding carboxylic acids is 1. The first-order valence-corrected chi connectivity index (χ1v) is 5.63. The second kappa shape index (κ2) is 6.10. The third-order valence-electron chi connectivity index (χ3n) is 2.48. The highest BCUT2D eigenvalue weighted by atomic mass is 16.2. The number of amides is 1. The van der Waals surface area contributed by atoms with Crippen molar-refractivity contribution in [2.75, 3.05) is 17.7 Å². The average molecular weight is 221 g/mol. The lowest BCUT2D eigenvalue weighted by Crippen LogP contribution is -2.26. The number of hydrogen-bond acceptors (Lipinski definition) is 3. The molecule has 88 valence electrons. The number of nitrogen functional groups attached to an aromatic ring is 1. The van der Waals surface area contributed by atoms with Gasteiger partial charge in [-0.3, -0.25) is 9.69 Å². The fourth-order valence-electron chi connectivity index (χ4n) is 1.42. The first-order chi connectivity index (χ1) is 7.65. The van der Waals surface area contributed by atoms with Gasteiger partial charge in [0.15, 0.2) is 0 Å². The number of hydrogen-bond donors (Lipinski definition) is 1. The van der Waals surface area contributed by atoms with E-state index in [0.717, 1.165) is 19.3 Å². The van der Waals surface area contributed by atoms with Crippen molar-refractivity contribution < 1.29 is 4.79 Å². The third-order valence-corrected chi connectivity index (χ3v) is 2.48. The van der Waals surface area contributed by atoms with E-state index in [9.17, 15) is 4.79 Å². The molecule has 1 aromatic rings. The summed E-state index contributed by atoms with van der Waals surface area (Å²) < 4.78 is 0. The minimum Gasteiger partial charge on any atom is -0.397 e. The molecule has 0 spiro atoms. The Morgan fingerprint density at radius 2 is 2.19 bits per heavy atom. The van der Waals surface area contributed by atoms with Gasteiger partial charge in [-0.15, -0.1) is 0 Å². The topological polar surface area (TPSA) is 59.2 Å². The SMILES string of the molecule is CCCCCC(=O)N(C)c1ccc(N)cn1. The molecule has 1 aromatic heterocycles. The van der Waals surface area contributed by atoms with Crippen LogP contribution in [0.25, 0.3) is 0 Å². The summed E-state index contributed by atoms with van der Waals surface area (Å²) in [6.07, 6.45) is 5.29. The summed E-state index contributed by atoms with van der Waals surface area (Å²) in [7, 11) is 1.74. The first-order valence-electron chi connectivity index (χ1n) is 5.63. The summed E-state index contributed by atoms with van der Waals surface area (Å²) in [5.74, 6) is 0.751. The van der Waals surface area contributed by atoms with Gasteiger partial charge in [-0.05, 0) is 18.6 Å². The highest BCUT2D eigenvalue weighted by Gasteiger charge is 2.10. The largest absolute Gasteiger partial charge is 0.397 e. The second-order valence-electron chi connectivity index (χ2n) is 3.86. The fourth-order valence-corrected chi connectivity index (χ4v) is 1.42. The molecule has 4 heteroatoms. The van der Waals surface area contributed by atoms with Crippen molar-refractivity contribution in [3.05, 3.63) is 18.3 Å². The lowest BCUT2D eigenvalue weighted by molar-refractivity contribution is -0.118. The minimum atomic E-state index is 0.103. The van der Waals surface area contributed by atoms with Crippen molar-refractivity contribution in [2.24, 2.45) is 0 Å². The van der Waals surface area contributed by atoms with Gasteiger partial charge in [0.25, 0.3) is 0 Å². The Kier molecular flexibility index (Phi) is 4.76. The number of unbranched alkanes of at least 4 members (excludes halogenated alkanes) is 2. The molecule has 4 nitrogen and oxygen atoms in total. The van der Waals surface area contributed by atoms with E-state index in [4.69, 9.17) is 5.73 Å². The summed E-state index contributed by atoms with van der Waals surface area (Å²) in [6, 6.07) is 3.51. The van der Waals surface area contributed by atoms with Crippen molar-refractivity contribution >= 4 is 17.4 Å². The van der Waals surface area contributed by atoms with E-state index in [-0.39, 0.29) is 5.91 Å². The maximum Gasteiger partial charge on any atom is 0.227 e. The quantitative estimate of drug-likeness (QED) is 0.775. The lowest BCUT2D eigenvalue weighted by atomic mass is 10.2. The Bertz CT molecular complexity index is 335. The second-order valence-corrected chi connectivity index (χ2v) is 3.86. The van der Waals surface area contributed by atoms with Crippen LogP contribution in [0.15, 0.2) is 18.3 Å². The van der Waals surface area contributed by atoms with Crippen LogP contribution < -0.4 is 10.6 Å². The molecule has 16 heavy (non-hydrogen) atoms. The molecule has 0 saturated carbocycles. The Balaban J connectivity index is 2.53. The van der Waals surface area contributed by atoms with Crippen molar-refractivity contribution in [1.29, 1.82) is 0 Å². The predicted molar refractivity (Wildman–Crippen MR) is 66.2 cm³/mol.